The van der Waals surface area contributed by atoms with E-state index in [1.165, 1.54) is 6.07 Å². The van der Waals surface area contributed by atoms with Crippen molar-refractivity contribution in [2.24, 2.45) is 5.92 Å². The van der Waals surface area contributed by atoms with E-state index in [0.717, 1.165) is 6.07 Å². The van der Waals surface area contributed by atoms with Crippen LogP contribution < -0.4 is 10.6 Å². The van der Waals surface area contributed by atoms with E-state index in [2.05, 4.69) is 10.6 Å². The number of carbonyl (C=O) groups excluding carboxylic acids is 2. The van der Waals surface area contributed by atoms with Crippen molar-refractivity contribution in [3.63, 3.8) is 0 Å². The molecule has 0 bridgehead atoms. The van der Waals surface area contributed by atoms with Crippen molar-refractivity contribution in [1.82, 2.24) is 5.32 Å². The van der Waals surface area contributed by atoms with Gasteiger partial charge in [0.1, 0.15) is 5.82 Å². The van der Waals surface area contributed by atoms with Crippen LogP contribution in [0.3, 0.4) is 0 Å². The Balaban J connectivity index is 2.61. The maximum absolute atomic E-state index is 13.2. The van der Waals surface area contributed by atoms with Gasteiger partial charge in [0.05, 0.1) is 5.60 Å². The molecule has 1 aromatic carbocycles. The number of benzene rings is 1. The normalized spacial score (nSPS) is 13.7. The molecule has 0 aliphatic carbocycles. The molecule has 1 aromatic rings. The van der Waals surface area contributed by atoms with E-state index in [4.69, 9.17) is 0 Å². The third-order valence-corrected chi connectivity index (χ3v) is 3.36. The Hall–Kier alpha value is -1.95. The summed E-state index contributed by atoms with van der Waals surface area (Å²) < 4.78 is 13.2. The van der Waals surface area contributed by atoms with Crippen molar-refractivity contribution in [2.75, 3.05) is 11.9 Å². The second-order valence-corrected chi connectivity index (χ2v) is 5.67. The van der Waals surface area contributed by atoms with Crippen LogP contribution in [-0.4, -0.2) is 29.1 Å². The number of anilines is 1. The first-order chi connectivity index (χ1) is 9.61. The fraction of sp³-hybridized carbons (Fsp3) is 0.467. The second kappa shape index (κ2) is 6.67. The lowest BCUT2D eigenvalue weighted by Gasteiger charge is -2.27. The lowest BCUT2D eigenvalue weighted by Crippen LogP contribution is -2.47. The Morgan fingerprint density at radius 2 is 1.90 bits per heavy atom. The molecule has 0 spiro atoms. The molecule has 1 unspecified atom stereocenters. The SMILES string of the molecule is Cc1cc(F)cc(NC(=O)C(=O)NCC(C)(O)C(C)C)c1. The molecule has 1 atom stereocenters. The van der Waals surface area contributed by atoms with Crippen molar-refractivity contribution in [3.8, 4) is 0 Å². The van der Waals surface area contributed by atoms with Gasteiger partial charge in [-0.15, -0.1) is 0 Å². The van der Waals surface area contributed by atoms with Crippen molar-refractivity contribution in [2.45, 2.75) is 33.3 Å². The van der Waals surface area contributed by atoms with Crippen molar-refractivity contribution < 1.29 is 19.1 Å². The topological polar surface area (TPSA) is 78.4 Å². The highest BCUT2D eigenvalue weighted by Crippen LogP contribution is 2.15. The molecule has 0 heterocycles. The summed E-state index contributed by atoms with van der Waals surface area (Å²) in [6, 6.07) is 4.00. The minimum absolute atomic E-state index is 0.0426. The van der Waals surface area contributed by atoms with Gasteiger partial charge in [0.2, 0.25) is 0 Å². The van der Waals surface area contributed by atoms with Gasteiger partial charge in [-0.05, 0) is 43.5 Å². The minimum atomic E-state index is -1.11. The van der Waals surface area contributed by atoms with Crippen molar-refractivity contribution in [1.29, 1.82) is 0 Å². The lowest BCUT2D eigenvalue weighted by molar-refractivity contribution is -0.137. The molecule has 0 radical (unpaired) electrons. The highest BCUT2D eigenvalue weighted by molar-refractivity contribution is 6.39. The Labute approximate surface area is 123 Å². The fourth-order valence-electron chi connectivity index (χ4n) is 1.54. The van der Waals surface area contributed by atoms with Gasteiger partial charge in [0, 0.05) is 12.2 Å². The summed E-state index contributed by atoms with van der Waals surface area (Å²) in [6.07, 6.45) is 0. The Kier molecular flexibility index (Phi) is 5.43. The van der Waals surface area contributed by atoms with E-state index < -0.39 is 23.2 Å². The highest BCUT2D eigenvalue weighted by Gasteiger charge is 2.26. The third-order valence-electron chi connectivity index (χ3n) is 3.36. The molecule has 116 valence electrons. The molecule has 0 fully saturated rings. The van der Waals surface area contributed by atoms with Crippen LogP contribution in [0.4, 0.5) is 10.1 Å². The van der Waals surface area contributed by atoms with Gasteiger partial charge >= 0.3 is 11.8 Å². The molecular formula is C15H21FN2O3. The van der Waals surface area contributed by atoms with E-state index in [-0.39, 0.29) is 18.2 Å². The molecule has 0 aromatic heterocycles. The number of carbonyl (C=O) groups is 2. The molecule has 21 heavy (non-hydrogen) atoms. The first-order valence-electron chi connectivity index (χ1n) is 6.70. The zero-order valence-electron chi connectivity index (χ0n) is 12.7. The number of halogens is 1. The zero-order valence-corrected chi connectivity index (χ0v) is 12.7. The Morgan fingerprint density at radius 3 is 2.43 bits per heavy atom. The summed E-state index contributed by atoms with van der Waals surface area (Å²) in [7, 11) is 0. The first kappa shape index (κ1) is 17.1. The number of aliphatic hydroxyl groups is 1. The minimum Gasteiger partial charge on any atom is -0.388 e. The summed E-state index contributed by atoms with van der Waals surface area (Å²) in [5, 5.41) is 14.7. The largest absolute Gasteiger partial charge is 0.388 e. The predicted octanol–water partition coefficient (Wildman–Crippen LogP) is 1.60. The molecule has 6 heteroatoms. The summed E-state index contributed by atoms with van der Waals surface area (Å²) in [5.74, 6) is -2.35. The van der Waals surface area contributed by atoms with E-state index in [9.17, 15) is 19.1 Å². The molecule has 0 saturated carbocycles. The zero-order chi connectivity index (χ0) is 16.2. The molecule has 5 nitrogen and oxygen atoms in total. The van der Waals surface area contributed by atoms with Gasteiger partial charge < -0.3 is 15.7 Å². The summed E-state index contributed by atoms with van der Waals surface area (Å²) >= 11 is 0. The Bertz CT molecular complexity index is 521. The first-order valence-corrected chi connectivity index (χ1v) is 6.70. The lowest BCUT2D eigenvalue weighted by atomic mass is 9.92. The number of hydrogen-bond acceptors (Lipinski definition) is 3. The second-order valence-electron chi connectivity index (χ2n) is 5.67. The van der Waals surface area contributed by atoms with Crippen LogP contribution in [0.2, 0.25) is 0 Å². The number of hydrogen-bond donors (Lipinski definition) is 3. The van der Waals surface area contributed by atoms with Crippen LogP contribution in [0, 0.1) is 18.7 Å². The van der Waals surface area contributed by atoms with Gasteiger partial charge in [-0.1, -0.05) is 13.8 Å². The number of rotatable bonds is 4. The smallest absolute Gasteiger partial charge is 0.313 e. The van der Waals surface area contributed by atoms with Crippen LogP contribution >= 0.6 is 0 Å². The summed E-state index contributed by atoms with van der Waals surface area (Å²) in [6.45, 7) is 6.83. The Morgan fingerprint density at radius 1 is 1.29 bits per heavy atom. The van der Waals surface area contributed by atoms with Gasteiger partial charge in [0.25, 0.3) is 0 Å². The van der Waals surface area contributed by atoms with Crippen LogP contribution in [0.5, 0.6) is 0 Å². The molecule has 2 amide bonds. The van der Waals surface area contributed by atoms with Crippen LogP contribution in [0.15, 0.2) is 18.2 Å². The van der Waals surface area contributed by atoms with Gasteiger partial charge in [-0.3, -0.25) is 9.59 Å². The highest BCUT2D eigenvalue weighted by atomic mass is 19.1. The monoisotopic (exact) mass is 296 g/mol. The summed E-state index contributed by atoms with van der Waals surface area (Å²) in [5.41, 5.74) is -0.262. The van der Waals surface area contributed by atoms with E-state index in [1.54, 1.807) is 19.9 Å². The molecule has 0 aliphatic heterocycles. The maximum atomic E-state index is 13.2. The molecule has 3 N–H and O–H groups in total. The number of aryl methyl sites for hydroxylation is 1. The molecular weight excluding hydrogens is 275 g/mol. The molecule has 0 aliphatic rings. The molecule has 0 saturated heterocycles. The maximum Gasteiger partial charge on any atom is 0.313 e. The average molecular weight is 296 g/mol. The fourth-order valence-corrected chi connectivity index (χ4v) is 1.54. The molecule has 1 rings (SSSR count). The van der Waals surface area contributed by atoms with Crippen LogP contribution in [0.1, 0.15) is 26.3 Å². The van der Waals surface area contributed by atoms with Gasteiger partial charge in [-0.2, -0.15) is 0 Å². The van der Waals surface area contributed by atoms with Crippen LogP contribution in [0.25, 0.3) is 0 Å². The van der Waals surface area contributed by atoms with Gasteiger partial charge in [0.15, 0.2) is 0 Å². The number of amides is 2. The van der Waals surface area contributed by atoms with Crippen molar-refractivity contribution in [3.05, 3.63) is 29.6 Å². The quantitative estimate of drug-likeness (QED) is 0.738. The van der Waals surface area contributed by atoms with E-state index in [0.29, 0.717) is 5.56 Å². The van der Waals surface area contributed by atoms with E-state index >= 15 is 0 Å². The summed E-state index contributed by atoms with van der Waals surface area (Å²) in [4.78, 5) is 23.4. The standard InChI is InChI=1S/C15H21FN2O3/c1-9(2)15(4,21)8-17-13(19)14(20)18-12-6-10(3)5-11(16)7-12/h5-7,9,21H,8H2,1-4H3,(H,17,19)(H,18,20). The van der Waals surface area contributed by atoms with Crippen molar-refractivity contribution >= 4 is 17.5 Å². The van der Waals surface area contributed by atoms with Gasteiger partial charge in [-0.25, -0.2) is 4.39 Å². The van der Waals surface area contributed by atoms with Crippen LogP contribution in [-0.2, 0) is 9.59 Å². The third kappa shape index (κ3) is 5.15. The number of nitrogens with one attached hydrogen (secondary N) is 2. The van der Waals surface area contributed by atoms with E-state index in [1.807, 2.05) is 13.8 Å². The predicted molar refractivity (Wildman–Crippen MR) is 78.2 cm³/mol. The average Bonchev–Trinajstić information content (AvgIpc) is 2.34.